The zero-order valence-electron chi connectivity index (χ0n) is 23.9. The molecule has 1 saturated heterocycles. The van der Waals surface area contributed by atoms with Crippen LogP contribution in [0.2, 0.25) is 0 Å². The maximum Gasteiger partial charge on any atom is 0.253 e. The van der Waals surface area contributed by atoms with Gasteiger partial charge in [-0.25, -0.2) is 4.98 Å². The molecule has 0 saturated carbocycles. The number of carbonyl (C=O) groups excluding carboxylic acids is 1. The molecule has 7 nitrogen and oxygen atoms in total. The number of nitrogens with zero attached hydrogens (tertiary/aromatic N) is 3. The van der Waals surface area contributed by atoms with Crippen LogP contribution in [0.25, 0.3) is 22.0 Å². The average Bonchev–Trinajstić information content (AvgIpc) is 3.55. The number of amides is 1. The van der Waals surface area contributed by atoms with Crippen molar-refractivity contribution >= 4 is 33.1 Å². The number of benzene rings is 4. The van der Waals surface area contributed by atoms with Crippen molar-refractivity contribution < 1.29 is 14.3 Å². The molecule has 2 heterocycles. The zero-order valence-corrected chi connectivity index (χ0v) is 24.7. The van der Waals surface area contributed by atoms with E-state index in [0.29, 0.717) is 24.6 Å². The van der Waals surface area contributed by atoms with Gasteiger partial charge in [-0.05, 0) is 40.6 Å². The van der Waals surface area contributed by atoms with Gasteiger partial charge in [0.25, 0.3) is 5.91 Å². The molecule has 1 fully saturated rings. The van der Waals surface area contributed by atoms with Crippen molar-refractivity contribution in [1.29, 1.82) is 0 Å². The molecule has 214 valence electrons. The number of thiazole rings is 1. The fourth-order valence-electron chi connectivity index (χ4n) is 5.39. The second-order valence-corrected chi connectivity index (χ2v) is 11.2. The monoisotopic (exact) mass is 578 g/mol. The Labute approximate surface area is 250 Å². The summed E-state index contributed by atoms with van der Waals surface area (Å²) in [6.45, 7) is 4.34. The van der Waals surface area contributed by atoms with Crippen molar-refractivity contribution in [3.63, 3.8) is 0 Å². The average molecular weight is 579 g/mol. The van der Waals surface area contributed by atoms with E-state index >= 15 is 0 Å². The number of hydrogen-bond donors (Lipinski definition) is 1. The third-order valence-corrected chi connectivity index (χ3v) is 8.53. The van der Waals surface area contributed by atoms with Crippen molar-refractivity contribution in [1.82, 2.24) is 15.2 Å². The minimum absolute atomic E-state index is 0.0842. The summed E-state index contributed by atoms with van der Waals surface area (Å²) >= 11 is 1.62. The minimum Gasteiger partial charge on any atom is -0.493 e. The molecule has 6 rings (SSSR count). The summed E-state index contributed by atoms with van der Waals surface area (Å²) in [7, 11) is 3.32. The highest BCUT2D eigenvalue weighted by atomic mass is 32.1. The van der Waals surface area contributed by atoms with Crippen LogP contribution in [-0.2, 0) is 13.1 Å². The summed E-state index contributed by atoms with van der Waals surface area (Å²) in [5.74, 6) is 1.50. The second-order valence-electron chi connectivity index (χ2n) is 10.3. The number of para-hydroxylation sites is 1. The van der Waals surface area contributed by atoms with Gasteiger partial charge >= 0.3 is 0 Å². The normalized spacial score (nSPS) is 13.2. The Morgan fingerprint density at radius 3 is 2.45 bits per heavy atom. The van der Waals surface area contributed by atoms with Gasteiger partial charge in [-0.1, -0.05) is 60.7 Å². The lowest BCUT2D eigenvalue weighted by Gasteiger charge is -2.27. The summed E-state index contributed by atoms with van der Waals surface area (Å²) in [5.41, 5.74) is 4.85. The third-order valence-electron chi connectivity index (χ3n) is 7.63. The largest absolute Gasteiger partial charge is 0.493 e. The third kappa shape index (κ3) is 5.95. The van der Waals surface area contributed by atoms with Crippen LogP contribution in [0.15, 0.2) is 90.3 Å². The van der Waals surface area contributed by atoms with Gasteiger partial charge in [0.1, 0.15) is 0 Å². The number of methoxy groups -OCH3 is 2. The Morgan fingerprint density at radius 2 is 1.69 bits per heavy atom. The molecular formula is C34H34N4O3S. The first kappa shape index (κ1) is 27.8. The molecule has 4 aromatic carbocycles. The van der Waals surface area contributed by atoms with E-state index in [1.807, 2.05) is 41.3 Å². The number of anilines is 1. The maximum atomic E-state index is 13.0. The summed E-state index contributed by atoms with van der Waals surface area (Å²) in [4.78, 5) is 22.3. The number of rotatable bonds is 9. The molecule has 1 aliphatic rings. The van der Waals surface area contributed by atoms with E-state index in [4.69, 9.17) is 14.5 Å². The number of piperazine rings is 1. The van der Waals surface area contributed by atoms with Crippen LogP contribution in [0, 0.1) is 0 Å². The van der Waals surface area contributed by atoms with Crippen molar-refractivity contribution in [2.75, 3.05) is 45.3 Å². The standard InChI is InChI=1S/C34H34N4O3S/c1-40-31-9-5-8-29(32(31)41-2)22-38(21-24-10-12-26(13-11-24)33(39)37-18-16-35-17-19-37)34-36-30(23-42-34)28-15-14-25-6-3-4-7-27(25)20-28/h3-15,20,23,35H,16-19,21-22H2,1-2H3. The number of ether oxygens (including phenoxy) is 2. The van der Waals surface area contributed by atoms with Gasteiger partial charge in [0, 0.05) is 61.3 Å². The van der Waals surface area contributed by atoms with Gasteiger partial charge in [0.2, 0.25) is 0 Å². The lowest BCUT2D eigenvalue weighted by atomic mass is 10.1. The summed E-state index contributed by atoms with van der Waals surface area (Å²) < 4.78 is 11.3. The van der Waals surface area contributed by atoms with Crippen molar-refractivity contribution in [3.05, 3.63) is 107 Å². The highest BCUT2D eigenvalue weighted by Gasteiger charge is 2.20. The second kappa shape index (κ2) is 12.6. The van der Waals surface area contributed by atoms with E-state index in [1.54, 1.807) is 25.6 Å². The molecule has 1 N–H and O–H groups in total. The molecule has 8 heteroatoms. The predicted molar refractivity (Wildman–Crippen MR) is 170 cm³/mol. The Kier molecular flexibility index (Phi) is 8.35. The molecule has 5 aromatic rings. The van der Waals surface area contributed by atoms with Crippen LogP contribution in [0.1, 0.15) is 21.5 Å². The number of carbonyl (C=O) groups is 1. The molecule has 0 spiro atoms. The molecular weight excluding hydrogens is 544 g/mol. The molecule has 0 radical (unpaired) electrons. The van der Waals surface area contributed by atoms with E-state index in [1.165, 1.54) is 10.8 Å². The van der Waals surface area contributed by atoms with Gasteiger partial charge < -0.3 is 24.6 Å². The molecule has 0 aliphatic carbocycles. The van der Waals surface area contributed by atoms with E-state index < -0.39 is 0 Å². The summed E-state index contributed by atoms with van der Waals surface area (Å²) in [6, 6.07) is 28.7. The zero-order chi connectivity index (χ0) is 28.9. The molecule has 42 heavy (non-hydrogen) atoms. The highest BCUT2D eigenvalue weighted by Crippen LogP contribution is 2.35. The van der Waals surface area contributed by atoms with Crippen molar-refractivity contribution in [2.45, 2.75) is 13.1 Å². The predicted octanol–water partition coefficient (Wildman–Crippen LogP) is 6.23. The Balaban J connectivity index is 1.29. The number of hydrogen-bond acceptors (Lipinski definition) is 7. The first-order chi connectivity index (χ1) is 20.6. The van der Waals surface area contributed by atoms with Crippen LogP contribution in [-0.4, -0.2) is 56.2 Å². The molecule has 0 unspecified atom stereocenters. The summed E-state index contributed by atoms with van der Waals surface area (Å²) in [5, 5.41) is 8.73. The lowest BCUT2D eigenvalue weighted by Crippen LogP contribution is -2.46. The van der Waals surface area contributed by atoms with E-state index in [2.05, 4.69) is 64.1 Å². The van der Waals surface area contributed by atoms with E-state index in [-0.39, 0.29) is 5.91 Å². The van der Waals surface area contributed by atoms with Gasteiger partial charge in [0.05, 0.1) is 19.9 Å². The highest BCUT2D eigenvalue weighted by molar-refractivity contribution is 7.14. The number of nitrogens with one attached hydrogen (secondary N) is 1. The Hall–Kier alpha value is -4.40. The van der Waals surface area contributed by atoms with E-state index in [9.17, 15) is 4.79 Å². The van der Waals surface area contributed by atoms with Crippen LogP contribution in [0.5, 0.6) is 11.5 Å². The molecule has 0 bridgehead atoms. The first-order valence-electron chi connectivity index (χ1n) is 14.1. The van der Waals surface area contributed by atoms with Gasteiger partial charge in [-0.15, -0.1) is 11.3 Å². The molecule has 1 amide bonds. The summed E-state index contributed by atoms with van der Waals surface area (Å²) in [6.07, 6.45) is 0. The molecule has 1 aromatic heterocycles. The van der Waals surface area contributed by atoms with Crippen molar-refractivity contribution in [2.24, 2.45) is 0 Å². The quantitative estimate of drug-likeness (QED) is 0.224. The smallest absolute Gasteiger partial charge is 0.253 e. The van der Waals surface area contributed by atoms with Crippen LogP contribution in [0.3, 0.4) is 0 Å². The number of fused-ring (bicyclic) bond motifs is 1. The molecule has 0 atom stereocenters. The first-order valence-corrected chi connectivity index (χ1v) is 15.0. The lowest BCUT2D eigenvalue weighted by molar-refractivity contribution is 0.0736. The van der Waals surface area contributed by atoms with E-state index in [0.717, 1.165) is 59.3 Å². The van der Waals surface area contributed by atoms with Crippen LogP contribution in [0.4, 0.5) is 5.13 Å². The van der Waals surface area contributed by atoms with Gasteiger partial charge in [-0.3, -0.25) is 4.79 Å². The minimum atomic E-state index is 0.0842. The SMILES string of the molecule is COc1cccc(CN(Cc2ccc(C(=O)N3CCNCC3)cc2)c2nc(-c3ccc4ccccc4c3)cs2)c1OC. The molecule has 1 aliphatic heterocycles. The van der Waals surface area contributed by atoms with Crippen LogP contribution >= 0.6 is 11.3 Å². The topological polar surface area (TPSA) is 66.9 Å². The Morgan fingerprint density at radius 1 is 0.905 bits per heavy atom. The van der Waals surface area contributed by atoms with Gasteiger partial charge in [0.15, 0.2) is 16.6 Å². The maximum absolute atomic E-state index is 13.0. The number of aromatic nitrogens is 1. The fraction of sp³-hybridized carbons (Fsp3) is 0.235. The fourth-order valence-corrected chi connectivity index (χ4v) is 6.22. The van der Waals surface area contributed by atoms with Crippen LogP contribution < -0.4 is 19.7 Å². The van der Waals surface area contributed by atoms with Gasteiger partial charge in [-0.2, -0.15) is 0 Å². The Bertz CT molecular complexity index is 1680. The van der Waals surface area contributed by atoms with Crippen molar-refractivity contribution in [3.8, 4) is 22.8 Å².